The van der Waals surface area contributed by atoms with Crippen LogP contribution in [0.5, 0.6) is 0 Å². The van der Waals surface area contributed by atoms with Gasteiger partial charge in [0.15, 0.2) is 0 Å². The first-order valence-electron chi connectivity index (χ1n) is 8.01. The average molecular weight is 344 g/mol. The normalized spacial score (nSPS) is 13.6. The second-order valence-electron chi connectivity index (χ2n) is 5.70. The number of hydrogen-bond acceptors (Lipinski definition) is 2. The van der Waals surface area contributed by atoms with E-state index < -0.39 is 0 Å². The predicted octanol–water partition coefficient (Wildman–Crippen LogP) is 4.10. The fourth-order valence-electron chi connectivity index (χ4n) is 3.51. The lowest BCUT2D eigenvalue weighted by atomic mass is 9.96. The lowest BCUT2D eigenvalue weighted by Gasteiger charge is -2.21. The number of fused-ring (bicyclic) bond motifs is 3. The molecule has 0 saturated heterocycles. The van der Waals surface area contributed by atoms with Gasteiger partial charge in [-0.15, -0.1) is 24.8 Å². The minimum atomic E-state index is 0. The van der Waals surface area contributed by atoms with Gasteiger partial charge >= 0.3 is 0 Å². The molecule has 0 fully saturated rings. The second kappa shape index (κ2) is 8.76. The minimum Gasteiger partial charge on any atom is -0.343 e. The lowest BCUT2D eigenvalue weighted by molar-refractivity contribution is 0.290. The molecule has 0 unspecified atom stereocenters. The van der Waals surface area contributed by atoms with Crippen LogP contribution in [0.3, 0.4) is 0 Å². The van der Waals surface area contributed by atoms with Crippen LogP contribution < -0.4 is 0 Å². The van der Waals surface area contributed by atoms with Crippen molar-refractivity contribution >= 4 is 35.7 Å². The minimum absolute atomic E-state index is 0. The third-order valence-electron chi connectivity index (χ3n) is 4.71. The van der Waals surface area contributed by atoms with Crippen molar-refractivity contribution in [3.63, 3.8) is 0 Å². The zero-order valence-corrected chi connectivity index (χ0v) is 15.2. The molecule has 1 aliphatic rings. The first kappa shape index (κ1) is 19.3. The van der Waals surface area contributed by atoms with Gasteiger partial charge in [-0.1, -0.05) is 13.8 Å². The van der Waals surface area contributed by atoms with Crippen molar-refractivity contribution in [1.29, 1.82) is 0 Å². The van der Waals surface area contributed by atoms with E-state index in [1.54, 1.807) is 11.3 Å². The maximum atomic E-state index is 4.34. The topological polar surface area (TPSA) is 21.1 Å². The summed E-state index contributed by atoms with van der Waals surface area (Å²) < 4.78 is 2.56. The number of halogens is 2. The highest BCUT2D eigenvalue weighted by atomic mass is 35.5. The highest BCUT2D eigenvalue weighted by Crippen LogP contribution is 2.31. The van der Waals surface area contributed by atoms with Gasteiger partial charge in [-0.25, -0.2) is 0 Å². The molecule has 0 saturated carbocycles. The largest absolute Gasteiger partial charge is 0.343 e. The highest BCUT2D eigenvalue weighted by molar-refractivity contribution is 5.86. The van der Waals surface area contributed by atoms with Gasteiger partial charge in [-0.2, -0.15) is 0 Å². The predicted molar refractivity (Wildman–Crippen MR) is 98.7 cm³/mol. The van der Waals surface area contributed by atoms with Crippen LogP contribution in [0, 0.1) is 0 Å². The van der Waals surface area contributed by atoms with Crippen LogP contribution in [-0.2, 0) is 19.4 Å². The van der Waals surface area contributed by atoms with Crippen molar-refractivity contribution in [1.82, 2.24) is 14.5 Å². The van der Waals surface area contributed by atoms with E-state index in [1.165, 1.54) is 36.6 Å². The SMILES string of the molecule is CCN(CC)CCn1c2c(c3cnccc31)CCCC2.Cl.Cl. The fraction of sp³-hybridized carbons (Fsp3) is 0.588. The van der Waals surface area contributed by atoms with Crippen LogP contribution >= 0.6 is 24.8 Å². The van der Waals surface area contributed by atoms with Crippen molar-refractivity contribution in [2.45, 2.75) is 46.1 Å². The summed E-state index contributed by atoms with van der Waals surface area (Å²) in [4.78, 5) is 6.84. The Labute approximate surface area is 145 Å². The number of aryl methyl sites for hydroxylation is 1. The molecule has 0 amide bonds. The van der Waals surface area contributed by atoms with Gasteiger partial charge in [0, 0.05) is 36.6 Å². The summed E-state index contributed by atoms with van der Waals surface area (Å²) in [6, 6.07) is 2.19. The molecule has 1 aliphatic carbocycles. The number of hydrogen-bond donors (Lipinski definition) is 0. The summed E-state index contributed by atoms with van der Waals surface area (Å²) >= 11 is 0. The van der Waals surface area contributed by atoms with E-state index in [-0.39, 0.29) is 24.8 Å². The Hall–Kier alpha value is -0.770. The molecule has 2 aromatic heterocycles. The number of nitrogens with zero attached hydrogens (tertiary/aromatic N) is 3. The van der Waals surface area contributed by atoms with Crippen molar-refractivity contribution in [3.8, 4) is 0 Å². The Balaban J connectivity index is 0.00000121. The molecule has 0 radical (unpaired) electrons. The van der Waals surface area contributed by atoms with Crippen LogP contribution in [0.15, 0.2) is 18.5 Å². The van der Waals surface area contributed by atoms with E-state index in [0.29, 0.717) is 0 Å². The summed E-state index contributed by atoms with van der Waals surface area (Å²) in [6.45, 7) is 9.02. The third kappa shape index (κ3) is 3.58. The third-order valence-corrected chi connectivity index (χ3v) is 4.71. The van der Waals surface area contributed by atoms with Gasteiger partial charge in [0.1, 0.15) is 0 Å². The van der Waals surface area contributed by atoms with Gasteiger partial charge in [0.2, 0.25) is 0 Å². The molecule has 3 nitrogen and oxygen atoms in total. The molecule has 0 N–H and O–H groups in total. The highest BCUT2D eigenvalue weighted by Gasteiger charge is 2.19. The van der Waals surface area contributed by atoms with Gasteiger partial charge in [0.25, 0.3) is 0 Å². The maximum Gasteiger partial charge on any atom is 0.0516 e. The van der Waals surface area contributed by atoms with E-state index in [0.717, 1.165) is 26.2 Å². The molecule has 2 heterocycles. The average Bonchev–Trinajstić information content (AvgIpc) is 2.83. The Bertz CT molecular complexity index is 591. The first-order valence-corrected chi connectivity index (χ1v) is 8.01. The molecular weight excluding hydrogens is 317 g/mol. The molecule has 2 aromatic rings. The molecule has 0 aliphatic heterocycles. The number of rotatable bonds is 5. The number of aromatic nitrogens is 2. The molecule has 0 atom stereocenters. The van der Waals surface area contributed by atoms with Gasteiger partial charge < -0.3 is 9.47 Å². The Kier molecular flexibility index (Phi) is 7.67. The molecule has 0 spiro atoms. The van der Waals surface area contributed by atoms with E-state index >= 15 is 0 Å². The Morgan fingerprint density at radius 3 is 2.59 bits per heavy atom. The number of likely N-dealkylation sites (N-methyl/N-ethyl adjacent to an activating group) is 1. The van der Waals surface area contributed by atoms with E-state index in [2.05, 4.69) is 40.6 Å². The van der Waals surface area contributed by atoms with Crippen molar-refractivity contribution in [3.05, 3.63) is 29.7 Å². The monoisotopic (exact) mass is 343 g/mol. The van der Waals surface area contributed by atoms with Gasteiger partial charge in [0.05, 0.1) is 5.52 Å². The molecule has 22 heavy (non-hydrogen) atoms. The smallest absolute Gasteiger partial charge is 0.0516 e. The second-order valence-corrected chi connectivity index (χ2v) is 5.70. The summed E-state index contributed by atoms with van der Waals surface area (Å²) in [6.07, 6.45) is 9.13. The molecular formula is C17H27Cl2N3. The zero-order chi connectivity index (χ0) is 13.9. The van der Waals surface area contributed by atoms with E-state index in [9.17, 15) is 0 Å². The van der Waals surface area contributed by atoms with Crippen molar-refractivity contribution in [2.24, 2.45) is 0 Å². The van der Waals surface area contributed by atoms with Crippen LogP contribution in [0.4, 0.5) is 0 Å². The van der Waals surface area contributed by atoms with Crippen LogP contribution in [-0.4, -0.2) is 34.1 Å². The van der Waals surface area contributed by atoms with Crippen LogP contribution in [0.25, 0.3) is 10.9 Å². The summed E-state index contributed by atoms with van der Waals surface area (Å²) in [7, 11) is 0. The van der Waals surface area contributed by atoms with E-state index in [1.807, 2.05) is 6.20 Å². The van der Waals surface area contributed by atoms with Gasteiger partial charge in [-0.05, 0) is 50.4 Å². The first-order chi connectivity index (χ1) is 9.85. The Morgan fingerprint density at radius 1 is 1.14 bits per heavy atom. The molecule has 0 aromatic carbocycles. The maximum absolute atomic E-state index is 4.34. The van der Waals surface area contributed by atoms with Crippen molar-refractivity contribution in [2.75, 3.05) is 19.6 Å². The Morgan fingerprint density at radius 2 is 1.86 bits per heavy atom. The van der Waals surface area contributed by atoms with Crippen LogP contribution in [0.2, 0.25) is 0 Å². The van der Waals surface area contributed by atoms with Gasteiger partial charge in [-0.3, -0.25) is 4.98 Å². The van der Waals surface area contributed by atoms with Crippen LogP contribution in [0.1, 0.15) is 37.9 Å². The summed E-state index contributed by atoms with van der Waals surface area (Å²) in [5, 5.41) is 1.39. The molecule has 3 rings (SSSR count). The van der Waals surface area contributed by atoms with E-state index in [4.69, 9.17) is 0 Å². The zero-order valence-electron chi connectivity index (χ0n) is 13.5. The fourth-order valence-corrected chi connectivity index (χ4v) is 3.51. The summed E-state index contributed by atoms with van der Waals surface area (Å²) in [5.41, 5.74) is 4.53. The number of pyridine rings is 1. The molecule has 0 bridgehead atoms. The quantitative estimate of drug-likeness (QED) is 0.814. The molecule has 124 valence electrons. The van der Waals surface area contributed by atoms with Crippen molar-refractivity contribution < 1.29 is 0 Å². The standard InChI is InChI=1S/C17H25N3.2ClH/c1-3-19(4-2)11-12-20-16-8-6-5-7-14(16)15-13-18-10-9-17(15)20;;/h9-10,13H,3-8,11-12H2,1-2H3;2*1H. The lowest BCUT2D eigenvalue weighted by Crippen LogP contribution is -2.27. The molecule has 5 heteroatoms. The summed E-state index contributed by atoms with van der Waals surface area (Å²) in [5.74, 6) is 0.